The number of nitrogens with zero attached hydrogens (tertiary/aromatic N) is 1. The number of halogens is 1. The number of hydrogen-bond donors (Lipinski definition) is 3. The molecule has 3 N–H and O–H groups in total. The molecule has 0 aliphatic carbocycles. The smallest absolute Gasteiger partial charge is 0.459 e. The molecule has 12 nitrogen and oxygen atoms in total. The van der Waals surface area contributed by atoms with Crippen LogP contribution in [0.4, 0.5) is 4.39 Å². The number of benzene rings is 1. The van der Waals surface area contributed by atoms with Gasteiger partial charge in [0.2, 0.25) is 0 Å². The molecular formula is C23H31FN3O9P. The Morgan fingerprint density at radius 2 is 2.03 bits per heavy atom. The summed E-state index contributed by atoms with van der Waals surface area (Å²) in [4.78, 5) is 37.9. The molecule has 3 rings (SSSR count). The SMILES string of the molecule is CCCCOC(=O)[C@H](C)NP(=O)(OC[C@H]1O[C@@H](n2ccc(=O)[nH]c2=O)[C@H](O)[C@@H]1CF)Oc1ccccc1. The lowest BCUT2D eigenvalue weighted by atomic mass is 10.00. The Bertz CT molecular complexity index is 1190. The Labute approximate surface area is 212 Å². The maximum Gasteiger partial charge on any atom is 0.459 e. The summed E-state index contributed by atoms with van der Waals surface area (Å²) < 4.78 is 50.3. The van der Waals surface area contributed by atoms with Crippen LogP contribution < -0.4 is 20.9 Å². The monoisotopic (exact) mass is 543 g/mol. The Morgan fingerprint density at radius 1 is 1.30 bits per heavy atom. The topological polar surface area (TPSA) is 158 Å². The van der Waals surface area contributed by atoms with Crippen molar-refractivity contribution < 1.29 is 37.4 Å². The van der Waals surface area contributed by atoms with Crippen LogP contribution in [-0.4, -0.2) is 58.8 Å². The summed E-state index contributed by atoms with van der Waals surface area (Å²) in [6.07, 6.45) is -1.35. The average Bonchev–Trinajstić information content (AvgIpc) is 3.18. The zero-order valence-electron chi connectivity index (χ0n) is 20.4. The van der Waals surface area contributed by atoms with Crippen LogP contribution in [0.25, 0.3) is 0 Å². The van der Waals surface area contributed by atoms with E-state index in [0.717, 1.165) is 23.3 Å². The number of carbonyl (C=O) groups is 1. The highest BCUT2D eigenvalue weighted by Gasteiger charge is 2.46. The van der Waals surface area contributed by atoms with E-state index in [9.17, 15) is 28.4 Å². The maximum absolute atomic E-state index is 13.9. The van der Waals surface area contributed by atoms with E-state index in [4.69, 9.17) is 18.5 Å². The number of alkyl halides is 1. The number of esters is 1. The lowest BCUT2D eigenvalue weighted by molar-refractivity contribution is -0.145. The molecule has 2 heterocycles. The number of para-hydroxylation sites is 1. The van der Waals surface area contributed by atoms with Gasteiger partial charge in [-0.15, -0.1) is 0 Å². The van der Waals surface area contributed by atoms with E-state index in [2.05, 4.69) is 5.09 Å². The molecule has 37 heavy (non-hydrogen) atoms. The molecule has 1 aromatic carbocycles. The van der Waals surface area contributed by atoms with Gasteiger partial charge in [-0.25, -0.2) is 9.36 Å². The molecule has 2 aromatic rings. The van der Waals surface area contributed by atoms with Crippen molar-refractivity contribution in [3.8, 4) is 5.75 Å². The molecular weight excluding hydrogens is 512 g/mol. The van der Waals surface area contributed by atoms with Gasteiger partial charge in [-0.3, -0.25) is 28.1 Å². The first kappa shape index (κ1) is 28.7. The van der Waals surface area contributed by atoms with Gasteiger partial charge in [-0.1, -0.05) is 31.5 Å². The first-order valence-corrected chi connectivity index (χ1v) is 13.4. The second-order valence-electron chi connectivity index (χ2n) is 8.46. The number of aromatic amines is 1. The van der Waals surface area contributed by atoms with Crippen LogP contribution in [0.1, 0.15) is 32.9 Å². The van der Waals surface area contributed by atoms with Crippen molar-refractivity contribution in [2.45, 2.75) is 51.2 Å². The Morgan fingerprint density at radius 3 is 2.68 bits per heavy atom. The van der Waals surface area contributed by atoms with Crippen LogP contribution in [0, 0.1) is 5.92 Å². The predicted molar refractivity (Wildman–Crippen MR) is 130 cm³/mol. The number of aromatic nitrogens is 2. The number of nitrogens with one attached hydrogen (secondary N) is 2. The van der Waals surface area contributed by atoms with Gasteiger partial charge in [0.05, 0.1) is 26.0 Å². The number of hydrogen-bond acceptors (Lipinski definition) is 9. The number of ether oxygens (including phenoxy) is 2. The van der Waals surface area contributed by atoms with Gasteiger partial charge in [0.1, 0.15) is 17.9 Å². The van der Waals surface area contributed by atoms with Gasteiger partial charge >= 0.3 is 19.4 Å². The minimum absolute atomic E-state index is 0.178. The summed E-state index contributed by atoms with van der Waals surface area (Å²) in [6, 6.07) is 8.04. The van der Waals surface area contributed by atoms with E-state index in [1.807, 2.05) is 11.9 Å². The molecule has 0 saturated carbocycles. The summed E-state index contributed by atoms with van der Waals surface area (Å²) in [5, 5.41) is 13.1. The molecule has 1 fully saturated rings. The van der Waals surface area contributed by atoms with Crippen molar-refractivity contribution >= 4 is 13.7 Å². The molecule has 0 radical (unpaired) electrons. The Balaban J connectivity index is 1.76. The van der Waals surface area contributed by atoms with E-state index in [1.165, 1.54) is 19.1 Å². The minimum Gasteiger partial charge on any atom is -0.465 e. The molecule has 0 bridgehead atoms. The number of aliphatic hydroxyl groups is 1. The number of aliphatic hydroxyl groups excluding tert-OH is 1. The third-order valence-electron chi connectivity index (χ3n) is 5.65. The first-order chi connectivity index (χ1) is 17.7. The zero-order chi connectivity index (χ0) is 27.0. The quantitative estimate of drug-likeness (QED) is 0.194. The molecule has 0 spiro atoms. The second kappa shape index (κ2) is 13.1. The van der Waals surface area contributed by atoms with Crippen molar-refractivity contribution in [2.24, 2.45) is 5.92 Å². The number of carbonyl (C=O) groups excluding carboxylic acids is 1. The number of unbranched alkanes of at least 4 members (excludes halogenated alkanes) is 1. The molecule has 204 valence electrons. The van der Waals surface area contributed by atoms with Gasteiger partial charge in [0, 0.05) is 18.2 Å². The lowest BCUT2D eigenvalue weighted by Gasteiger charge is -2.25. The fourth-order valence-electron chi connectivity index (χ4n) is 3.62. The largest absolute Gasteiger partial charge is 0.465 e. The summed E-state index contributed by atoms with van der Waals surface area (Å²) >= 11 is 0. The Hall–Kier alpha value is -2.83. The molecule has 1 aromatic heterocycles. The van der Waals surface area contributed by atoms with Gasteiger partial charge in [0.15, 0.2) is 6.23 Å². The van der Waals surface area contributed by atoms with E-state index in [0.29, 0.717) is 6.42 Å². The van der Waals surface area contributed by atoms with Crippen molar-refractivity contribution in [1.82, 2.24) is 14.6 Å². The maximum atomic E-state index is 13.9. The second-order valence-corrected chi connectivity index (χ2v) is 10.2. The first-order valence-electron chi connectivity index (χ1n) is 11.8. The number of H-pyrrole nitrogens is 1. The van der Waals surface area contributed by atoms with Gasteiger partial charge in [-0.2, -0.15) is 5.09 Å². The summed E-state index contributed by atoms with van der Waals surface area (Å²) in [5.74, 6) is -1.64. The van der Waals surface area contributed by atoms with Crippen LogP contribution in [0.3, 0.4) is 0 Å². The normalized spacial score (nSPS) is 23.8. The van der Waals surface area contributed by atoms with Crippen molar-refractivity contribution in [2.75, 3.05) is 19.9 Å². The highest BCUT2D eigenvalue weighted by Crippen LogP contribution is 2.46. The third-order valence-corrected chi connectivity index (χ3v) is 7.29. The fourth-order valence-corrected chi connectivity index (χ4v) is 5.12. The highest BCUT2D eigenvalue weighted by atomic mass is 31.2. The Kier molecular flexibility index (Phi) is 10.2. The fraction of sp³-hybridized carbons (Fsp3) is 0.522. The van der Waals surface area contributed by atoms with Gasteiger partial charge in [0.25, 0.3) is 5.56 Å². The van der Waals surface area contributed by atoms with Crippen LogP contribution in [0.15, 0.2) is 52.2 Å². The molecule has 1 saturated heterocycles. The molecule has 1 aliphatic rings. The van der Waals surface area contributed by atoms with Crippen LogP contribution >= 0.6 is 7.75 Å². The molecule has 1 unspecified atom stereocenters. The van der Waals surface area contributed by atoms with Crippen LogP contribution in [-0.2, 0) is 23.4 Å². The summed E-state index contributed by atoms with van der Waals surface area (Å²) in [6.45, 7) is 2.01. The predicted octanol–water partition coefficient (Wildman–Crippen LogP) is 1.91. The zero-order valence-corrected chi connectivity index (χ0v) is 21.3. The molecule has 1 aliphatic heterocycles. The average molecular weight is 543 g/mol. The third kappa shape index (κ3) is 7.59. The summed E-state index contributed by atoms with van der Waals surface area (Å²) in [7, 11) is -4.26. The van der Waals surface area contributed by atoms with Crippen molar-refractivity contribution in [3.05, 3.63) is 63.4 Å². The number of rotatable bonds is 13. The van der Waals surface area contributed by atoms with Gasteiger partial charge < -0.3 is 19.1 Å². The lowest BCUT2D eigenvalue weighted by Crippen LogP contribution is -2.37. The molecule has 0 amide bonds. The van der Waals surface area contributed by atoms with E-state index < -0.39 is 68.6 Å². The molecule has 6 atom stereocenters. The highest BCUT2D eigenvalue weighted by molar-refractivity contribution is 7.52. The van der Waals surface area contributed by atoms with Crippen LogP contribution in [0.5, 0.6) is 5.75 Å². The summed E-state index contributed by atoms with van der Waals surface area (Å²) in [5.41, 5.74) is -1.51. The van der Waals surface area contributed by atoms with Crippen LogP contribution in [0.2, 0.25) is 0 Å². The van der Waals surface area contributed by atoms with E-state index in [1.54, 1.807) is 18.2 Å². The van der Waals surface area contributed by atoms with Gasteiger partial charge in [-0.05, 0) is 25.5 Å². The minimum atomic E-state index is -4.26. The standard InChI is InChI=1S/C23H31FN3O9P/c1-3-4-12-33-22(30)15(2)26-37(32,36-16-8-6-5-7-9-16)34-14-18-17(13-24)20(29)21(35-18)27-11-10-19(28)25-23(27)31/h5-11,15,17-18,20-21,29H,3-4,12-14H2,1-2H3,(H,26,32)(H,25,28,31)/t15-,17+,18+,20+,21+,37?/m0/s1. The van der Waals surface area contributed by atoms with E-state index >= 15 is 0 Å². The van der Waals surface area contributed by atoms with Crippen molar-refractivity contribution in [3.63, 3.8) is 0 Å². The molecule has 14 heteroatoms. The van der Waals surface area contributed by atoms with E-state index in [-0.39, 0.29) is 12.4 Å². The van der Waals surface area contributed by atoms with Crippen molar-refractivity contribution in [1.29, 1.82) is 0 Å².